The highest BCUT2D eigenvalue weighted by Gasteiger charge is 2.22. The number of nitrogens with zero attached hydrogens (tertiary/aromatic N) is 4. The third kappa shape index (κ3) is 5.24. The standard InChI is InChI=1S/C21H21ClF2N6O/c1-3-27-29-21(25-2)30-10-9-15(22)14(12-30)13-7-8-18(26-11-13)28-20(31)19-16(23)5-4-6-17(19)24/h3-8,11H,9-10,12H2,1-2H3,(H,25,29)(H,26,28,31)/b27-3-. The van der Waals surface area contributed by atoms with Crippen LogP contribution in [0.15, 0.2) is 51.7 Å². The van der Waals surface area contributed by atoms with Gasteiger partial charge in [0.1, 0.15) is 23.0 Å². The minimum Gasteiger partial charge on any atom is -0.337 e. The first-order valence-electron chi connectivity index (χ1n) is 9.49. The van der Waals surface area contributed by atoms with Gasteiger partial charge in [0.15, 0.2) is 0 Å². The Hall–Kier alpha value is -3.33. The normalized spacial score (nSPS) is 14.9. The van der Waals surface area contributed by atoms with Crippen LogP contribution in [0.2, 0.25) is 0 Å². The lowest BCUT2D eigenvalue weighted by atomic mass is 10.0. The zero-order chi connectivity index (χ0) is 22.4. The average molecular weight is 447 g/mol. The third-order valence-corrected chi connectivity index (χ3v) is 5.04. The Kier molecular flexibility index (Phi) is 7.30. The van der Waals surface area contributed by atoms with Gasteiger partial charge >= 0.3 is 0 Å². The summed E-state index contributed by atoms with van der Waals surface area (Å²) >= 11 is 6.46. The Morgan fingerprint density at radius 2 is 2.00 bits per heavy atom. The number of hydrogen-bond donors (Lipinski definition) is 2. The summed E-state index contributed by atoms with van der Waals surface area (Å²) in [4.78, 5) is 22.7. The van der Waals surface area contributed by atoms with Crippen LogP contribution in [0.25, 0.3) is 5.57 Å². The van der Waals surface area contributed by atoms with E-state index < -0.39 is 23.1 Å². The molecule has 31 heavy (non-hydrogen) atoms. The van der Waals surface area contributed by atoms with Crippen molar-refractivity contribution in [2.45, 2.75) is 13.3 Å². The van der Waals surface area contributed by atoms with Crippen molar-refractivity contribution in [1.82, 2.24) is 15.3 Å². The summed E-state index contributed by atoms with van der Waals surface area (Å²) in [6, 6.07) is 6.52. The maximum absolute atomic E-state index is 13.8. The highest BCUT2D eigenvalue weighted by Crippen LogP contribution is 2.29. The summed E-state index contributed by atoms with van der Waals surface area (Å²) in [6.45, 7) is 2.97. The van der Waals surface area contributed by atoms with Crippen molar-refractivity contribution in [1.29, 1.82) is 0 Å². The Balaban J connectivity index is 1.75. The molecule has 2 heterocycles. The Labute approximate surface area is 183 Å². The number of pyridine rings is 1. The molecule has 1 aromatic heterocycles. The first-order valence-corrected chi connectivity index (χ1v) is 9.87. The molecule has 0 unspecified atom stereocenters. The Morgan fingerprint density at radius 1 is 1.26 bits per heavy atom. The number of hydrogen-bond acceptors (Lipinski definition) is 4. The molecule has 0 saturated heterocycles. The van der Waals surface area contributed by atoms with E-state index in [1.54, 1.807) is 38.5 Å². The van der Waals surface area contributed by atoms with Gasteiger partial charge in [-0.15, -0.1) is 0 Å². The largest absolute Gasteiger partial charge is 0.337 e. The lowest BCUT2D eigenvalue weighted by Gasteiger charge is -2.31. The second-order valence-electron chi connectivity index (χ2n) is 6.58. The lowest BCUT2D eigenvalue weighted by molar-refractivity contribution is 0.101. The van der Waals surface area contributed by atoms with Gasteiger partial charge in [0.25, 0.3) is 5.91 Å². The molecule has 0 bridgehead atoms. The van der Waals surface area contributed by atoms with Crippen LogP contribution in [-0.4, -0.2) is 48.1 Å². The highest BCUT2D eigenvalue weighted by atomic mass is 35.5. The van der Waals surface area contributed by atoms with E-state index >= 15 is 0 Å². The van der Waals surface area contributed by atoms with Gasteiger partial charge in [-0.25, -0.2) is 19.2 Å². The number of carbonyl (C=O) groups is 1. The number of rotatable bonds is 4. The second kappa shape index (κ2) is 10.1. The predicted octanol–water partition coefficient (Wildman–Crippen LogP) is 3.85. The molecule has 2 aromatic rings. The second-order valence-corrected chi connectivity index (χ2v) is 7.04. The van der Waals surface area contributed by atoms with Gasteiger partial charge in [-0.05, 0) is 42.3 Å². The van der Waals surface area contributed by atoms with Crippen LogP contribution in [0, 0.1) is 11.6 Å². The number of aromatic nitrogens is 1. The first-order chi connectivity index (χ1) is 14.9. The molecule has 0 radical (unpaired) electrons. The lowest BCUT2D eigenvalue weighted by Crippen LogP contribution is -2.42. The molecule has 0 atom stereocenters. The van der Waals surface area contributed by atoms with Crippen LogP contribution in [0.5, 0.6) is 0 Å². The average Bonchev–Trinajstić information content (AvgIpc) is 2.76. The van der Waals surface area contributed by atoms with Crippen molar-refractivity contribution in [3.05, 3.63) is 64.3 Å². The van der Waals surface area contributed by atoms with E-state index in [1.165, 1.54) is 6.07 Å². The monoisotopic (exact) mass is 446 g/mol. The van der Waals surface area contributed by atoms with Crippen LogP contribution in [0.4, 0.5) is 14.6 Å². The van der Waals surface area contributed by atoms with Crippen LogP contribution >= 0.6 is 11.6 Å². The number of guanidine groups is 1. The molecule has 1 amide bonds. The quantitative estimate of drug-likeness (QED) is 0.424. The SMILES string of the molecule is C/C=N\NC(=NC)N1CCC(Cl)=C(c2ccc(NC(=O)c3c(F)cccc3F)nc2)C1. The van der Waals surface area contributed by atoms with Gasteiger partial charge in [0.05, 0.1) is 0 Å². The van der Waals surface area contributed by atoms with Crippen molar-refractivity contribution in [2.75, 3.05) is 25.5 Å². The maximum atomic E-state index is 13.8. The molecule has 3 rings (SSSR count). The number of amides is 1. The van der Waals surface area contributed by atoms with Crippen molar-refractivity contribution in [3.63, 3.8) is 0 Å². The van der Waals surface area contributed by atoms with Crippen LogP contribution < -0.4 is 10.7 Å². The van der Waals surface area contributed by atoms with Gasteiger partial charge in [0, 0.05) is 44.0 Å². The zero-order valence-electron chi connectivity index (χ0n) is 17.0. The number of carbonyl (C=O) groups excluding carboxylic acids is 1. The summed E-state index contributed by atoms with van der Waals surface area (Å²) in [5.74, 6) is -2.02. The van der Waals surface area contributed by atoms with Crippen molar-refractivity contribution >= 4 is 41.1 Å². The summed E-state index contributed by atoms with van der Waals surface area (Å²) in [5, 5.41) is 7.12. The number of benzene rings is 1. The van der Waals surface area contributed by atoms with Crippen molar-refractivity contribution in [3.8, 4) is 0 Å². The fourth-order valence-electron chi connectivity index (χ4n) is 3.09. The van der Waals surface area contributed by atoms with E-state index in [4.69, 9.17) is 11.6 Å². The Morgan fingerprint density at radius 3 is 2.61 bits per heavy atom. The molecular weight excluding hydrogens is 426 g/mol. The summed E-state index contributed by atoms with van der Waals surface area (Å²) < 4.78 is 27.6. The fourth-order valence-corrected chi connectivity index (χ4v) is 3.35. The molecule has 0 saturated carbocycles. The molecular formula is C21H21ClF2N6O. The number of nitrogens with one attached hydrogen (secondary N) is 2. The number of hydrazone groups is 1. The topological polar surface area (TPSA) is 82.0 Å². The highest BCUT2D eigenvalue weighted by molar-refractivity contribution is 6.33. The summed E-state index contributed by atoms with van der Waals surface area (Å²) in [7, 11) is 1.67. The van der Waals surface area contributed by atoms with Gasteiger partial charge < -0.3 is 10.2 Å². The maximum Gasteiger partial charge on any atom is 0.262 e. The van der Waals surface area contributed by atoms with E-state index in [0.29, 0.717) is 30.5 Å². The molecule has 1 aromatic carbocycles. The van der Waals surface area contributed by atoms with Crippen molar-refractivity contribution < 1.29 is 13.6 Å². The zero-order valence-corrected chi connectivity index (χ0v) is 17.7. The Bertz CT molecular complexity index is 1030. The third-order valence-electron chi connectivity index (χ3n) is 4.63. The van der Waals surface area contributed by atoms with Crippen LogP contribution in [0.3, 0.4) is 0 Å². The van der Waals surface area contributed by atoms with Gasteiger partial charge in [-0.1, -0.05) is 17.7 Å². The molecule has 0 fully saturated rings. The van der Waals surface area contributed by atoms with Gasteiger partial charge in [-0.2, -0.15) is 5.10 Å². The minimum atomic E-state index is -0.942. The van der Waals surface area contributed by atoms with Crippen LogP contribution in [-0.2, 0) is 0 Å². The van der Waals surface area contributed by atoms with E-state index in [1.807, 2.05) is 4.90 Å². The number of anilines is 1. The summed E-state index contributed by atoms with van der Waals surface area (Å²) in [5.41, 5.74) is 3.86. The smallest absolute Gasteiger partial charge is 0.262 e. The van der Waals surface area contributed by atoms with E-state index in [9.17, 15) is 13.6 Å². The predicted molar refractivity (Wildman–Crippen MR) is 118 cm³/mol. The van der Waals surface area contributed by atoms with E-state index in [0.717, 1.165) is 23.3 Å². The van der Waals surface area contributed by atoms with E-state index in [2.05, 4.69) is 25.8 Å². The molecule has 1 aliphatic heterocycles. The van der Waals surface area contributed by atoms with Gasteiger partial charge in [0.2, 0.25) is 5.96 Å². The molecule has 2 N–H and O–H groups in total. The van der Waals surface area contributed by atoms with E-state index in [-0.39, 0.29) is 5.82 Å². The number of halogens is 3. The minimum absolute atomic E-state index is 0.163. The molecule has 1 aliphatic rings. The molecule has 10 heteroatoms. The van der Waals surface area contributed by atoms with Gasteiger partial charge in [-0.3, -0.25) is 9.79 Å². The van der Waals surface area contributed by atoms with Crippen molar-refractivity contribution in [2.24, 2.45) is 10.1 Å². The molecule has 7 nitrogen and oxygen atoms in total. The molecule has 0 aliphatic carbocycles. The van der Waals surface area contributed by atoms with Crippen LogP contribution in [0.1, 0.15) is 29.3 Å². The number of aliphatic imine (C=N–C) groups is 1. The fraction of sp³-hybridized carbons (Fsp3) is 0.238. The molecule has 162 valence electrons. The molecule has 0 spiro atoms. The first kappa shape index (κ1) is 22.4. The summed E-state index contributed by atoms with van der Waals surface area (Å²) in [6.07, 6.45) is 3.80.